The lowest BCUT2D eigenvalue weighted by Gasteiger charge is -2.20. The molecule has 5 nitrogen and oxygen atoms in total. The molecule has 6 heteroatoms. The lowest BCUT2D eigenvalue weighted by molar-refractivity contribution is 0.103. The summed E-state index contributed by atoms with van der Waals surface area (Å²) in [6.07, 6.45) is 0.957. The fourth-order valence-electron chi connectivity index (χ4n) is 2.96. The molecule has 0 atom stereocenters. The van der Waals surface area contributed by atoms with Crippen LogP contribution >= 0.6 is 0 Å². The van der Waals surface area contributed by atoms with E-state index >= 15 is 0 Å². The predicted molar refractivity (Wildman–Crippen MR) is 85.8 cm³/mol. The predicted octanol–water partition coefficient (Wildman–Crippen LogP) is 1.80. The van der Waals surface area contributed by atoms with Crippen molar-refractivity contribution in [1.82, 2.24) is 5.32 Å². The third-order valence-electron chi connectivity index (χ3n) is 4.11. The minimum absolute atomic E-state index is 0.0637. The van der Waals surface area contributed by atoms with Gasteiger partial charge < -0.3 is 5.32 Å². The number of hydrogen-bond acceptors (Lipinski definition) is 5. The molecule has 0 saturated carbocycles. The molecule has 0 aliphatic carbocycles. The molecule has 0 bridgehead atoms. The van der Waals surface area contributed by atoms with Gasteiger partial charge in [0.25, 0.3) is 0 Å². The van der Waals surface area contributed by atoms with Gasteiger partial charge >= 0.3 is 0 Å². The lowest BCUT2D eigenvalue weighted by atomic mass is 10.0. The Hall–Kier alpha value is -2.47. The van der Waals surface area contributed by atoms with Gasteiger partial charge in [0, 0.05) is 29.8 Å². The van der Waals surface area contributed by atoms with E-state index in [1.807, 2.05) is 0 Å². The van der Waals surface area contributed by atoms with Crippen LogP contribution in [0.1, 0.15) is 27.9 Å². The number of fused-ring (bicyclic) bond motifs is 2. The van der Waals surface area contributed by atoms with Crippen molar-refractivity contribution in [3.05, 3.63) is 59.2 Å². The van der Waals surface area contributed by atoms with Crippen LogP contribution in [0.5, 0.6) is 0 Å². The number of carbonyl (C=O) groups excluding carboxylic acids is 1. The van der Waals surface area contributed by atoms with Crippen molar-refractivity contribution in [1.29, 1.82) is 0 Å². The van der Waals surface area contributed by atoms with E-state index in [4.69, 9.17) is 0 Å². The third-order valence-corrected chi connectivity index (χ3v) is 5.96. The van der Waals surface area contributed by atoms with E-state index in [-0.39, 0.29) is 26.7 Å². The maximum absolute atomic E-state index is 12.9. The fourth-order valence-corrected chi connectivity index (χ4v) is 4.63. The summed E-state index contributed by atoms with van der Waals surface area (Å²) in [7, 11) is -3.70. The zero-order valence-corrected chi connectivity index (χ0v) is 13.1. The summed E-state index contributed by atoms with van der Waals surface area (Å²) < 4.78 is 25.7. The van der Waals surface area contributed by atoms with Crippen LogP contribution in [0.4, 0.5) is 0 Å². The summed E-state index contributed by atoms with van der Waals surface area (Å²) in [6, 6.07) is 11.2. The van der Waals surface area contributed by atoms with E-state index in [2.05, 4.69) is 10.3 Å². The summed E-state index contributed by atoms with van der Waals surface area (Å²) in [5, 5.41) is 3.17. The van der Waals surface area contributed by atoms with Crippen LogP contribution in [0.3, 0.4) is 0 Å². The molecule has 2 heterocycles. The Kier molecular flexibility index (Phi) is 3.09. The van der Waals surface area contributed by atoms with Crippen molar-refractivity contribution in [2.24, 2.45) is 4.99 Å². The number of rotatable bonds is 1. The first kappa shape index (κ1) is 14.1. The van der Waals surface area contributed by atoms with Crippen LogP contribution in [-0.4, -0.2) is 33.1 Å². The molecule has 0 amide bonds. The Morgan fingerprint density at radius 3 is 2.57 bits per heavy atom. The van der Waals surface area contributed by atoms with Gasteiger partial charge in [0.05, 0.1) is 9.79 Å². The van der Waals surface area contributed by atoms with E-state index < -0.39 is 9.84 Å². The second-order valence-electron chi connectivity index (χ2n) is 5.55. The second-order valence-corrected chi connectivity index (χ2v) is 7.44. The van der Waals surface area contributed by atoms with Crippen molar-refractivity contribution in [2.45, 2.75) is 16.2 Å². The molecule has 116 valence electrons. The summed E-state index contributed by atoms with van der Waals surface area (Å²) in [5.74, 6) is 0.427. The highest BCUT2D eigenvalue weighted by atomic mass is 32.2. The van der Waals surface area contributed by atoms with E-state index in [0.717, 1.165) is 13.0 Å². The average molecular weight is 326 g/mol. The molecule has 2 aromatic carbocycles. The minimum atomic E-state index is -3.70. The van der Waals surface area contributed by atoms with Gasteiger partial charge in [-0.3, -0.25) is 9.79 Å². The lowest BCUT2D eigenvalue weighted by Crippen LogP contribution is -2.30. The zero-order chi connectivity index (χ0) is 16.0. The first-order valence-corrected chi connectivity index (χ1v) is 8.89. The molecule has 1 N–H and O–H groups in total. The SMILES string of the molecule is O=C1c2ccccc2S(=O)(=O)c2cc(C3=NCCCN3)ccc21. The molecule has 0 spiro atoms. The van der Waals surface area contributed by atoms with Crippen molar-refractivity contribution in [3.8, 4) is 0 Å². The van der Waals surface area contributed by atoms with Crippen LogP contribution in [0.25, 0.3) is 0 Å². The molecule has 2 aromatic rings. The van der Waals surface area contributed by atoms with Crippen LogP contribution in [0.15, 0.2) is 57.2 Å². The molecule has 0 fully saturated rings. The molecule has 4 rings (SSSR count). The summed E-state index contributed by atoms with van der Waals surface area (Å²) in [6.45, 7) is 1.53. The first-order valence-electron chi connectivity index (χ1n) is 7.40. The standard InChI is InChI=1S/C17H14N2O3S/c20-16-12-4-1-2-5-14(12)23(21,22)15-10-11(6-7-13(15)16)17-18-8-3-9-19-17/h1-2,4-7,10H,3,8-9H2,(H,18,19). The van der Waals surface area contributed by atoms with Gasteiger partial charge in [-0.25, -0.2) is 8.42 Å². The van der Waals surface area contributed by atoms with Gasteiger partial charge in [-0.15, -0.1) is 0 Å². The highest BCUT2D eigenvalue weighted by Gasteiger charge is 2.34. The first-order chi connectivity index (χ1) is 11.1. The van der Waals surface area contributed by atoms with E-state index in [1.165, 1.54) is 6.07 Å². The molecule has 0 aromatic heterocycles. The Morgan fingerprint density at radius 2 is 1.78 bits per heavy atom. The zero-order valence-electron chi connectivity index (χ0n) is 12.2. The Labute approximate surface area is 134 Å². The van der Waals surface area contributed by atoms with Crippen molar-refractivity contribution < 1.29 is 13.2 Å². The molecule has 2 aliphatic heterocycles. The molecular formula is C17H14N2O3S. The number of nitrogens with one attached hydrogen (secondary N) is 1. The molecule has 2 aliphatic rings. The molecular weight excluding hydrogens is 312 g/mol. The molecule has 0 saturated heterocycles. The van der Waals surface area contributed by atoms with Crippen LogP contribution in [0.2, 0.25) is 0 Å². The maximum atomic E-state index is 12.9. The van der Waals surface area contributed by atoms with Gasteiger partial charge in [0.2, 0.25) is 9.84 Å². The van der Waals surface area contributed by atoms with E-state index in [0.29, 0.717) is 17.9 Å². The monoisotopic (exact) mass is 326 g/mol. The largest absolute Gasteiger partial charge is 0.370 e. The van der Waals surface area contributed by atoms with E-state index in [1.54, 1.807) is 36.4 Å². The number of amidine groups is 1. The van der Waals surface area contributed by atoms with Gasteiger partial charge in [0.15, 0.2) is 5.78 Å². The number of carbonyl (C=O) groups is 1. The minimum Gasteiger partial charge on any atom is -0.370 e. The summed E-state index contributed by atoms with van der Waals surface area (Å²) in [5.41, 5.74) is 1.16. The molecule has 23 heavy (non-hydrogen) atoms. The normalized spacial score (nSPS) is 18.4. The van der Waals surface area contributed by atoms with Gasteiger partial charge in [-0.1, -0.05) is 18.2 Å². The number of sulfone groups is 1. The summed E-state index contributed by atoms with van der Waals surface area (Å²) >= 11 is 0. The smallest absolute Gasteiger partial charge is 0.208 e. The van der Waals surface area contributed by atoms with Gasteiger partial charge in [0.1, 0.15) is 5.84 Å². The van der Waals surface area contributed by atoms with Crippen molar-refractivity contribution in [2.75, 3.05) is 13.1 Å². The Balaban J connectivity index is 1.93. The quantitative estimate of drug-likeness (QED) is 0.740. The highest BCUT2D eigenvalue weighted by Crippen LogP contribution is 2.34. The number of hydrogen-bond donors (Lipinski definition) is 1. The number of aliphatic imine (C=N–C) groups is 1. The Morgan fingerprint density at radius 1 is 1.00 bits per heavy atom. The maximum Gasteiger partial charge on any atom is 0.208 e. The van der Waals surface area contributed by atoms with Crippen LogP contribution < -0.4 is 5.32 Å². The van der Waals surface area contributed by atoms with Crippen molar-refractivity contribution >= 4 is 21.5 Å². The van der Waals surface area contributed by atoms with Gasteiger partial charge in [-0.2, -0.15) is 0 Å². The van der Waals surface area contributed by atoms with Crippen LogP contribution in [0, 0.1) is 0 Å². The average Bonchev–Trinajstić information content (AvgIpc) is 2.60. The van der Waals surface area contributed by atoms with Gasteiger partial charge in [-0.05, 0) is 30.7 Å². The van der Waals surface area contributed by atoms with E-state index in [9.17, 15) is 13.2 Å². The summed E-state index contributed by atoms with van der Waals surface area (Å²) in [4.78, 5) is 17.1. The number of ketones is 1. The topological polar surface area (TPSA) is 75.6 Å². The van der Waals surface area contributed by atoms with Crippen molar-refractivity contribution in [3.63, 3.8) is 0 Å². The second kappa shape index (κ2) is 5.03. The molecule has 0 radical (unpaired) electrons. The number of benzene rings is 2. The third kappa shape index (κ3) is 2.09. The Bertz CT molecular complexity index is 962. The van der Waals surface area contributed by atoms with Crippen LogP contribution in [-0.2, 0) is 9.84 Å². The molecule has 0 unspecified atom stereocenters. The fraction of sp³-hybridized carbons (Fsp3) is 0.176. The highest BCUT2D eigenvalue weighted by molar-refractivity contribution is 7.91. The number of nitrogens with zero attached hydrogens (tertiary/aromatic N) is 1.